The molecule has 0 unspecified atom stereocenters. The number of hydrogen-bond acceptors (Lipinski definition) is 8. The van der Waals surface area contributed by atoms with Crippen molar-refractivity contribution in [3.63, 3.8) is 0 Å². The average Bonchev–Trinajstić information content (AvgIpc) is 3.43. The monoisotopic (exact) mass is 614 g/mol. The van der Waals surface area contributed by atoms with Crippen LogP contribution in [0.15, 0.2) is 60.7 Å². The van der Waals surface area contributed by atoms with Crippen molar-refractivity contribution in [1.82, 2.24) is 20.4 Å². The number of likely N-dealkylation sites (tertiary alicyclic amines) is 1. The molecule has 2 N–H and O–H groups in total. The third kappa shape index (κ3) is 7.21. The Morgan fingerprint density at radius 3 is 2.67 bits per heavy atom. The van der Waals surface area contributed by atoms with Crippen molar-refractivity contribution in [2.24, 2.45) is 0 Å². The van der Waals surface area contributed by atoms with Crippen molar-refractivity contribution in [2.45, 2.75) is 25.6 Å². The normalized spacial score (nSPS) is 20.7. The zero-order valence-electron chi connectivity index (χ0n) is 25.5. The SMILES string of the molecule is COc1cc2ccc1O[C@H]1CN(CC(=O)N3CCOCC3)C[C@@H]1NC(=O)c1ccc(C)c(c1)-c1cccc(c1)OCC(=O)NC2. The van der Waals surface area contributed by atoms with E-state index in [0.717, 1.165) is 22.3 Å². The second-order valence-electron chi connectivity index (χ2n) is 11.5. The van der Waals surface area contributed by atoms with E-state index in [-0.39, 0.29) is 37.4 Å². The number of benzene rings is 3. The van der Waals surface area contributed by atoms with E-state index in [1.54, 1.807) is 25.3 Å². The van der Waals surface area contributed by atoms with Gasteiger partial charge in [-0.05, 0) is 65.6 Å². The van der Waals surface area contributed by atoms with Crippen LogP contribution in [0, 0.1) is 6.92 Å². The minimum atomic E-state index is -0.449. The molecule has 0 saturated carbocycles. The fraction of sp³-hybridized carbons (Fsp3) is 0.382. The summed E-state index contributed by atoms with van der Waals surface area (Å²) in [5, 5.41) is 6.08. The number of ether oxygens (including phenoxy) is 4. The Morgan fingerprint density at radius 1 is 1.00 bits per heavy atom. The highest BCUT2D eigenvalue weighted by molar-refractivity contribution is 5.96. The summed E-state index contributed by atoms with van der Waals surface area (Å²) in [6, 6.07) is 18.1. The molecule has 4 aliphatic rings. The Balaban J connectivity index is 1.31. The smallest absolute Gasteiger partial charge is 0.258 e. The highest BCUT2D eigenvalue weighted by Gasteiger charge is 2.37. The van der Waals surface area contributed by atoms with Gasteiger partial charge in [-0.25, -0.2) is 0 Å². The molecule has 6 bridgehead atoms. The van der Waals surface area contributed by atoms with Gasteiger partial charge in [0.05, 0.1) is 32.9 Å². The molecule has 0 spiro atoms. The van der Waals surface area contributed by atoms with Crippen molar-refractivity contribution >= 4 is 17.7 Å². The summed E-state index contributed by atoms with van der Waals surface area (Å²) in [5.74, 6) is 1.09. The van der Waals surface area contributed by atoms with E-state index in [4.69, 9.17) is 18.9 Å². The maximum Gasteiger partial charge on any atom is 0.258 e. The molecule has 4 aliphatic heterocycles. The third-order valence-corrected chi connectivity index (χ3v) is 8.39. The standard InChI is InChI=1S/C34H38N4O7/c1-22-6-8-25-16-27(22)24-4-3-5-26(15-24)44-21-32(39)35-17-23-7-9-29(30(14-23)42-2)45-31-19-37(18-28(31)36-34(25)41)20-33(40)38-10-12-43-13-11-38/h3-9,14-16,28,31H,10-13,17-21H2,1-2H3,(H,35,39)(H,36,41)/t28-,31-/m0/s1. The number of nitrogens with zero attached hydrogens (tertiary/aromatic N) is 2. The van der Waals surface area contributed by atoms with Crippen molar-refractivity contribution < 1.29 is 33.3 Å². The van der Waals surface area contributed by atoms with Gasteiger partial charge in [0.2, 0.25) is 5.91 Å². The van der Waals surface area contributed by atoms with Gasteiger partial charge in [-0.1, -0.05) is 24.3 Å². The number of morpholine rings is 1. The topological polar surface area (TPSA) is 119 Å². The number of fused-ring (bicyclic) bond motifs is 7. The van der Waals surface area contributed by atoms with Gasteiger partial charge in [0.25, 0.3) is 11.8 Å². The van der Waals surface area contributed by atoms with E-state index >= 15 is 0 Å². The number of carbonyl (C=O) groups excluding carboxylic acids is 3. The number of aryl methyl sites for hydroxylation is 1. The molecule has 3 amide bonds. The number of nitrogens with one attached hydrogen (secondary N) is 2. The lowest BCUT2D eigenvalue weighted by Gasteiger charge is -2.28. The molecule has 2 saturated heterocycles. The zero-order valence-corrected chi connectivity index (χ0v) is 25.5. The van der Waals surface area contributed by atoms with Crippen LogP contribution in [0.1, 0.15) is 21.5 Å². The fourth-order valence-corrected chi connectivity index (χ4v) is 5.91. The van der Waals surface area contributed by atoms with Crippen molar-refractivity contribution in [1.29, 1.82) is 0 Å². The summed E-state index contributed by atoms with van der Waals surface area (Å²) < 4.78 is 23.3. The number of amides is 3. The molecule has 3 aromatic rings. The minimum Gasteiger partial charge on any atom is -0.493 e. The summed E-state index contributed by atoms with van der Waals surface area (Å²) in [6.45, 7) is 5.43. The van der Waals surface area contributed by atoms with Gasteiger partial charge in [0.15, 0.2) is 18.1 Å². The number of hydrogen-bond donors (Lipinski definition) is 2. The maximum atomic E-state index is 13.7. The minimum absolute atomic E-state index is 0.0275. The first-order valence-corrected chi connectivity index (χ1v) is 15.2. The Hall–Kier alpha value is -4.61. The van der Waals surface area contributed by atoms with Crippen LogP contribution in [0.25, 0.3) is 11.1 Å². The predicted molar refractivity (Wildman–Crippen MR) is 166 cm³/mol. The number of rotatable bonds is 3. The molecule has 11 heteroatoms. The van der Waals surface area contributed by atoms with Gasteiger partial charge in [-0.3, -0.25) is 19.3 Å². The Bertz CT molecular complexity index is 1570. The van der Waals surface area contributed by atoms with Crippen LogP contribution >= 0.6 is 0 Å². The molecule has 2 fully saturated rings. The molecule has 0 aromatic heterocycles. The zero-order chi connectivity index (χ0) is 31.3. The molecule has 4 heterocycles. The lowest BCUT2D eigenvalue weighted by molar-refractivity contribution is -0.136. The van der Waals surface area contributed by atoms with E-state index in [1.807, 2.05) is 59.2 Å². The summed E-state index contributed by atoms with van der Waals surface area (Å²) in [7, 11) is 1.56. The predicted octanol–water partition coefficient (Wildman–Crippen LogP) is 2.40. The fourth-order valence-electron chi connectivity index (χ4n) is 5.91. The van der Waals surface area contributed by atoms with Crippen LogP contribution in [0.3, 0.4) is 0 Å². The van der Waals surface area contributed by atoms with E-state index in [1.165, 1.54) is 0 Å². The lowest BCUT2D eigenvalue weighted by Crippen LogP contribution is -2.46. The van der Waals surface area contributed by atoms with Crippen LogP contribution in [0.4, 0.5) is 0 Å². The molecule has 3 aromatic carbocycles. The van der Waals surface area contributed by atoms with Gasteiger partial charge < -0.3 is 34.5 Å². The van der Waals surface area contributed by atoms with E-state index in [0.29, 0.717) is 62.2 Å². The van der Waals surface area contributed by atoms with E-state index in [9.17, 15) is 14.4 Å². The summed E-state index contributed by atoms with van der Waals surface area (Å²) in [4.78, 5) is 43.3. The van der Waals surface area contributed by atoms with Gasteiger partial charge in [0, 0.05) is 38.3 Å². The molecule has 0 radical (unpaired) electrons. The first-order chi connectivity index (χ1) is 21.9. The highest BCUT2D eigenvalue weighted by atomic mass is 16.5. The number of methoxy groups -OCH3 is 1. The van der Waals surface area contributed by atoms with Crippen LogP contribution < -0.4 is 24.8 Å². The van der Waals surface area contributed by atoms with Gasteiger partial charge in [-0.2, -0.15) is 0 Å². The van der Waals surface area contributed by atoms with Gasteiger partial charge in [0.1, 0.15) is 11.9 Å². The van der Waals surface area contributed by atoms with Crippen molar-refractivity contribution in [3.05, 3.63) is 77.4 Å². The number of carbonyl (C=O) groups is 3. The van der Waals surface area contributed by atoms with E-state index < -0.39 is 12.1 Å². The van der Waals surface area contributed by atoms with E-state index in [2.05, 4.69) is 10.6 Å². The van der Waals surface area contributed by atoms with Crippen LogP contribution in [0.5, 0.6) is 17.2 Å². The Morgan fingerprint density at radius 2 is 1.84 bits per heavy atom. The van der Waals surface area contributed by atoms with Gasteiger partial charge >= 0.3 is 0 Å². The molecule has 11 nitrogen and oxygen atoms in total. The highest BCUT2D eigenvalue weighted by Crippen LogP contribution is 2.32. The quantitative estimate of drug-likeness (QED) is 0.462. The van der Waals surface area contributed by atoms with Crippen LogP contribution in [-0.4, -0.2) is 99.3 Å². The molecule has 45 heavy (non-hydrogen) atoms. The molecule has 7 rings (SSSR count). The van der Waals surface area contributed by atoms with Crippen molar-refractivity contribution in [2.75, 3.05) is 59.7 Å². The average molecular weight is 615 g/mol. The van der Waals surface area contributed by atoms with Gasteiger partial charge in [-0.15, -0.1) is 0 Å². The first kappa shape index (κ1) is 30.4. The summed E-state index contributed by atoms with van der Waals surface area (Å²) in [6.07, 6.45) is -0.449. The molecule has 236 valence electrons. The lowest BCUT2D eigenvalue weighted by atomic mass is 9.97. The Labute approximate surface area is 262 Å². The molecular weight excluding hydrogens is 576 g/mol. The first-order valence-electron chi connectivity index (χ1n) is 15.2. The maximum absolute atomic E-state index is 13.7. The van der Waals surface area contributed by atoms with Crippen LogP contribution in [-0.2, 0) is 20.9 Å². The largest absolute Gasteiger partial charge is 0.493 e. The second-order valence-corrected chi connectivity index (χ2v) is 11.5. The van der Waals surface area contributed by atoms with Crippen molar-refractivity contribution in [3.8, 4) is 28.4 Å². The summed E-state index contributed by atoms with van der Waals surface area (Å²) >= 11 is 0. The molecule has 2 atom stereocenters. The molecule has 0 aliphatic carbocycles. The molecular formula is C34H38N4O7. The summed E-state index contributed by atoms with van der Waals surface area (Å²) in [5.41, 5.74) is 4.07. The van der Waals surface area contributed by atoms with Crippen LogP contribution in [0.2, 0.25) is 0 Å². The Kier molecular flexibility index (Phi) is 9.18. The third-order valence-electron chi connectivity index (χ3n) is 8.39. The second kappa shape index (κ2) is 13.6.